The van der Waals surface area contributed by atoms with E-state index in [1.807, 2.05) is 12.1 Å². The van der Waals surface area contributed by atoms with Crippen LogP contribution in [0.3, 0.4) is 0 Å². The monoisotopic (exact) mass is 292 g/mol. The zero-order valence-corrected chi connectivity index (χ0v) is 11.8. The van der Waals surface area contributed by atoms with Crippen LogP contribution < -0.4 is 11.5 Å². The molecule has 1 aromatic rings. The van der Waals surface area contributed by atoms with Crippen molar-refractivity contribution in [2.24, 2.45) is 17.4 Å². The predicted molar refractivity (Wildman–Crippen MR) is 79.3 cm³/mol. The molecule has 114 valence electrons. The number of fused-ring (bicyclic) bond motifs is 1. The minimum atomic E-state index is -1.41. The summed E-state index contributed by atoms with van der Waals surface area (Å²) in [6.45, 7) is 0.402. The zero-order valence-electron chi connectivity index (χ0n) is 11.8. The first kappa shape index (κ1) is 16.0. The molecular weight excluding hydrogens is 271 g/mol. The molecule has 0 saturated carbocycles. The topological polar surface area (TPSA) is 130 Å². The van der Waals surface area contributed by atoms with Crippen LogP contribution in [-0.4, -0.2) is 28.2 Å². The Bertz CT molecular complexity index is 538. The number of hydrogen-bond donors (Lipinski definition) is 5. The largest absolute Gasteiger partial charge is 0.480 e. The Hall–Kier alpha value is -1.41. The molecule has 1 aromatic carbocycles. The first-order valence-corrected chi connectivity index (χ1v) is 7.10. The number of carboxylic acid groups (broad SMARTS) is 1. The van der Waals surface area contributed by atoms with Crippen molar-refractivity contribution in [3.05, 3.63) is 34.9 Å². The van der Waals surface area contributed by atoms with Gasteiger partial charge in [0.2, 0.25) is 0 Å². The molecule has 1 aliphatic rings. The van der Waals surface area contributed by atoms with Crippen LogP contribution in [0.2, 0.25) is 6.32 Å². The molecule has 6 nitrogen and oxygen atoms in total. The van der Waals surface area contributed by atoms with E-state index in [4.69, 9.17) is 21.5 Å². The molecule has 0 fully saturated rings. The van der Waals surface area contributed by atoms with Gasteiger partial charge in [0.05, 0.1) is 0 Å². The van der Waals surface area contributed by atoms with Crippen LogP contribution in [-0.2, 0) is 23.3 Å². The Morgan fingerprint density at radius 1 is 1.43 bits per heavy atom. The molecule has 2 atom stereocenters. The Kier molecular flexibility index (Phi) is 4.68. The van der Waals surface area contributed by atoms with Crippen molar-refractivity contribution in [3.8, 4) is 0 Å². The van der Waals surface area contributed by atoms with Crippen molar-refractivity contribution < 1.29 is 19.9 Å². The highest BCUT2D eigenvalue weighted by Gasteiger charge is 2.49. The van der Waals surface area contributed by atoms with Gasteiger partial charge in [0.15, 0.2) is 0 Å². The number of rotatable bonds is 6. The number of nitrogens with two attached hydrogens (primary N) is 2. The van der Waals surface area contributed by atoms with E-state index in [2.05, 4.69) is 0 Å². The van der Waals surface area contributed by atoms with E-state index in [1.54, 1.807) is 6.07 Å². The van der Waals surface area contributed by atoms with E-state index in [0.29, 0.717) is 31.4 Å². The van der Waals surface area contributed by atoms with Crippen LogP contribution >= 0.6 is 0 Å². The molecule has 7 heteroatoms. The summed E-state index contributed by atoms with van der Waals surface area (Å²) in [6, 6.07) is 5.48. The Morgan fingerprint density at radius 2 is 2.14 bits per heavy atom. The average Bonchev–Trinajstić information content (AvgIpc) is 2.72. The summed E-state index contributed by atoms with van der Waals surface area (Å²) in [5.41, 5.74) is 12.9. The maximum Gasteiger partial charge on any atom is 0.451 e. The number of aliphatic carboxylic acids is 1. The van der Waals surface area contributed by atoms with Gasteiger partial charge in [0.1, 0.15) is 5.54 Å². The summed E-state index contributed by atoms with van der Waals surface area (Å²) < 4.78 is 0. The molecule has 0 unspecified atom stereocenters. The standard InChI is InChI=1S/C14H21BN2O4/c16-8-9-3-4-12-10(6-9)7-11(2-1-5-15(20)21)14(12,17)13(18)19/h3-4,6,11,20-21H,1-2,5,7-8,16-17H2,(H,18,19)/t11-,14+/m0/s1. The molecule has 0 aromatic heterocycles. The highest BCUT2D eigenvalue weighted by Crippen LogP contribution is 2.42. The fourth-order valence-corrected chi connectivity index (χ4v) is 3.16. The van der Waals surface area contributed by atoms with E-state index < -0.39 is 18.6 Å². The third kappa shape index (κ3) is 2.96. The zero-order chi connectivity index (χ0) is 15.6. The van der Waals surface area contributed by atoms with Gasteiger partial charge in [-0.1, -0.05) is 24.6 Å². The molecule has 0 spiro atoms. The van der Waals surface area contributed by atoms with Crippen molar-refractivity contribution in [2.75, 3.05) is 0 Å². The normalized spacial score (nSPS) is 23.9. The molecule has 1 aliphatic carbocycles. The first-order chi connectivity index (χ1) is 9.89. The van der Waals surface area contributed by atoms with E-state index in [-0.39, 0.29) is 12.2 Å². The first-order valence-electron chi connectivity index (χ1n) is 7.10. The molecule has 0 amide bonds. The molecule has 0 heterocycles. The number of carboxylic acids is 1. The molecule has 0 bridgehead atoms. The number of benzene rings is 1. The summed E-state index contributed by atoms with van der Waals surface area (Å²) in [6.07, 6.45) is 1.85. The van der Waals surface area contributed by atoms with E-state index >= 15 is 0 Å². The smallest absolute Gasteiger partial charge is 0.451 e. The fourth-order valence-electron chi connectivity index (χ4n) is 3.16. The third-order valence-electron chi connectivity index (χ3n) is 4.33. The highest BCUT2D eigenvalue weighted by atomic mass is 16.4. The van der Waals surface area contributed by atoms with Crippen molar-refractivity contribution in [3.63, 3.8) is 0 Å². The molecule has 7 N–H and O–H groups in total. The van der Waals surface area contributed by atoms with Gasteiger partial charge in [-0.25, -0.2) is 4.79 Å². The summed E-state index contributed by atoms with van der Waals surface area (Å²) in [7, 11) is -1.37. The van der Waals surface area contributed by atoms with Crippen LogP contribution in [0.4, 0.5) is 0 Å². The van der Waals surface area contributed by atoms with Crippen LogP contribution in [0.25, 0.3) is 0 Å². The van der Waals surface area contributed by atoms with Gasteiger partial charge in [-0.15, -0.1) is 0 Å². The molecule has 0 saturated heterocycles. The lowest BCUT2D eigenvalue weighted by Crippen LogP contribution is -2.48. The quantitative estimate of drug-likeness (QED) is 0.462. The number of hydrogen-bond acceptors (Lipinski definition) is 5. The maximum absolute atomic E-state index is 11.7. The predicted octanol–water partition coefficient (Wildman–Crippen LogP) is -0.191. The molecule has 0 radical (unpaired) electrons. The number of carbonyl (C=O) groups is 1. The SMILES string of the molecule is NCc1ccc2c(c1)C[C@H](CCCB(O)O)[C@]2(N)C(=O)O. The Labute approximate surface area is 123 Å². The van der Waals surface area contributed by atoms with Crippen LogP contribution in [0.5, 0.6) is 0 Å². The minimum Gasteiger partial charge on any atom is -0.480 e. The van der Waals surface area contributed by atoms with Gasteiger partial charge < -0.3 is 26.6 Å². The Morgan fingerprint density at radius 3 is 2.71 bits per heavy atom. The summed E-state index contributed by atoms with van der Waals surface area (Å²) in [5, 5.41) is 27.4. The van der Waals surface area contributed by atoms with Crippen molar-refractivity contribution >= 4 is 13.1 Å². The van der Waals surface area contributed by atoms with E-state index in [0.717, 1.165) is 11.1 Å². The van der Waals surface area contributed by atoms with Crippen molar-refractivity contribution in [1.29, 1.82) is 0 Å². The minimum absolute atomic E-state index is 0.219. The highest BCUT2D eigenvalue weighted by molar-refractivity contribution is 6.40. The second-order valence-corrected chi connectivity index (χ2v) is 5.68. The van der Waals surface area contributed by atoms with Crippen LogP contribution in [0.1, 0.15) is 29.5 Å². The molecule has 21 heavy (non-hydrogen) atoms. The van der Waals surface area contributed by atoms with Gasteiger partial charge in [-0.2, -0.15) is 0 Å². The molecular formula is C14H21BN2O4. The van der Waals surface area contributed by atoms with E-state index in [9.17, 15) is 9.90 Å². The summed E-state index contributed by atoms with van der Waals surface area (Å²) >= 11 is 0. The van der Waals surface area contributed by atoms with Gasteiger partial charge in [0.25, 0.3) is 0 Å². The third-order valence-corrected chi connectivity index (χ3v) is 4.33. The summed E-state index contributed by atoms with van der Waals surface area (Å²) in [5.74, 6) is -1.30. The lowest BCUT2D eigenvalue weighted by molar-refractivity contribution is -0.145. The van der Waals surface area contributed by atoms with Crippen LogP contribution in [0.15, 0.2) is 18.2 Å². The average molecular weight is 292 g/mol. The molecule has 2 rings (SSSR count). The van der Waals surface area contributed by atoms with Crippen molar-refractivity contribution in [1.82, 2.24) is 0 Å². The van der Waals surface area contributed by atoms with Gasteiger partial charge in [-0.3, -0.25) is 0 Å². The van der Waals surface area contributed by atoms with Crippen LogP contribution in [0, 0.1) is 5.92 Å². The second-order valence-electron chi connectivity index (χ2n) is 5.68. The summed E-state index contributed by atoms with van der Waals surface area (Å²) in [4.78, 5) is 11.7. The van der Waals surface area contributed by atoms with Crippen molar-refractivity contribution in [2.45, 2.75) is 37.7 Å². The van der Waals surface area contributed by atoms with E-state index in [1.165, 1.54) is 0 Å². The van der Waals surface area contributed by atoms with Gasteiger partial charge in [0, 0.05) is 6.54 Å². The maximum atomic E-state index is 11.7. The lowest BCUT2D eigenvalue weighted by Gasteiger charge is -2.28. The second kappa shape index (κ2) is 6.15. The van der Waals surface area contributed by atoms with Gasteiger partial charge in [-0.05, 0) is 41.8 Å². The van der Waals surface area contributed by atoms with Gasteiger partial charge >= 0.3 is 13.1 Å². The fraction of sp³-hybridized carbons (Fsp3) is 0.500. The Balaban J connectivity index is 2.26. The lowest BCUT2D eigenvalue weighted by atomic mass is 9.77. The molecule has 0 aliphatic heterocycles.